The van der Waals surface area contributed by atoms with Crippen LogP contribution in [0, 0.1) is 11.8 Å². The van der Waals surface area contributed by atoms with E-state index in [-0.39, 0.29) is 17.9 Å². The molecule has 1 aromatic rings. The Bertz CT molecular complexity index is 649. The Hall–Kier alpha value is -2.19. The summed E-state index contributed by atoms with van der Waals surface area (Å²) in [6.07, 6.45) is 0.707. The third-order valence-electron chi connectivity index (χ3n) is 3.45. The molecule has 0 saturated carbocycles. The van der Waals surface area contributed by atoms with E-state index in [0.29, 0.717) is 35.8 Å². The zero-order chi connectivity index (χ0) is 16.1. The van der Waals surface area contributed by atoms with Crippen molar-refractivity contribution in [3.05, 3.63) is 28.8 Å². The van der Waals surface area contributed by atoms with Gasteiger partial charge >= 0.3 is 0 Å². The monoisotopic (exact) mass is 320 g/mol. The van der Waals surface area contributed by atoms with Crippen LogP contribution in [-0.4, -0.2) is 43.0 Å². The van der Waals surface area contributed by atoms with Gasteiger partial charge in [0.05, 0.1) is 12.7 Å². The standard InChI is InChI=1S/C16H17ClN2O3/c1-3-4-15(20)19-8-7-12(10-19)18-16(21)13-6-5-11(17)9-14(13)22-2/h5-6,9,12H,7-8,10H2,1-2H3,(H,18,21). The third-order valence-corrected chi connectivity index (χ3v) is 3.69. The quantitative estimate of drug-likeness (QED) is 0.862. The van der Waals surface area contributed by atoms with Crippen LogP contribution in [0.3, 0.4) is 0 Å². The van der Waals surface area contributed by atoms with E-state index in [1.165, 1.54) is 7.11 Å². The number of carbonyl (C=O) groups is 2. The Labute approximate surface area is 134 Å². The van der Waals surface area contributed by atoms with E-state index in [4.69, 9.17) is 16.3 Å². The van der Waals surface area contributed by atoms with Crippen molar-refractivity contribution >= 4 is 23.4 Å². The number of amides is 2. The normalized spacial score (nSPS) is 16.7. The number of nitrogens with one attached hydrogen (secondary N) is 1. The van der Waals surface area contributed by atoms with E-state index < -0.39 is 0 Å². The van der Waals surface area contributed by atoms with Crippen LogP contribution in [0.15, 0.2) is 18.2 Å². The summed E-state index contributed by atoms with van der Waals surface area (Å²) in [4.78, 5) is 25.7. The molecule has 2 rings (SSSR count). The molecule has 116 valence electrons. The molecule has 6 heteroatoms. The zero-order valence-electron chi connectivity index (χ0n) is 12.5. The highest BCUT2D eigenvalue weighted by atomic mass is 35.5. The van der Waals surface area contributed by atoms with Crippen LogP contribution in [0.25, 0.3) is 0 Å². The summed E-state index contributed by atoms with van der Waals surface area (Å²) in [6.45, 7) is 2.69. The fourth-order valence-electron chi connectivity index (χ4n) is 2.36. The predicted molar refractivity (Wildman–Crippen MR) is 83.9 cm³/mol. The molecule has 0 bridgehead atoms. The van der Waals surface area contributed by atoms with Crippen LogP contribution in [0.5, 0.6) is 5.75 Å². The summed E-state index contributed by atoms with van der Waals surface area (Å²) >= 11 is 5.89. The number of hydrogen-bond donors (Lipinski definition) is 1. The van der Waals surface area contributed by atoms with Crippen LogP contribution >= 0.6 is 11.6 Å². The SMILES string of the molecule is CC#CC(=O)N1CCC(NC(=O)c2ccc(Cl)cc2OC)C1. The average Bonchev–Trinajstić information content (AvgIpc) is 2.95. The average molecular weight is 321 g/mol. The second kappa shape index (κ2) is 7.19. The number of ether oxygens (including phenoxy) is 1. The second-order valence-corrected chi connectivity index (χ2v) is 5.37. The third kappa shape index (κ3) is 3.71. The van der Waals surface area contributed by atoms with Crippen LogP contribution in [0.2, 0.25) is 5.02 Å². The van der Waals surface area contributed by atoms with Gasteiger partial charge in [0.2, 0.25) is 0 Å². The minimum atomic E-state index is -0.241. The first-order chi connectivity index (χ1) is 10.5. The highest BCUT2D eigenvalue weighted by molar-refractivity contribution is 6.30. The molecule has 5 nitrogen and oxygen atoms in total. The topological polar surface area (TPSA) is 58.6 Å². The number of halogens is 1. The summed E-state index contributed by atoms with van der Waals surface area (Å²) < 4.78 is 5.17. The number of benzene rings is 1. The van der Waals surface area contributed by atoms with Crippen molar-refractivity contribution in [1.29, 1.82) is 0 Å². The lowest BCUT2D eigenvalue weighted by Gasteiger charge is -2.15. The molecule has 1 saturated heterocycles. The van der Waals surface area contributed by atoms with Crippen molar-refractivity contribution < 1.29 is 14.3 Å². The maximum atomic E-state index is 12.3. The number of methoxy groups -OCH3 is 1. The van der Waals surface area contributed by atoms with Crippen molar-refractivity contribution in [3.63, 3.8) is 0 Å². The molecule has 22 heavy (non-hydrogen) atoms. The molecular weight excluding hydrogens is 304 g/mol. The minimum Gasteiger partial charge on any atom is -0.496 e. The number of rotatable bonds is 3. The van der Waals surface area contributed by atoms with Gasteiger partial charge in [0.1, 0.15) is 5.75 Å². The number of nitrogens with zero attached hydrogens (tertiary/aromatic N) is 1. The second-order valence-electron chi connectivity index (χ2n) is 4.93. The van der Waals surface area contributed by atoms with Gasteiger partial charge in [-0.15, -0.1) is 0 Å². The van der Waals surface area contributed by atoms with Gasteiger partial charge in [0.15, 0.2) is 0 Å². The Balaban J connectivity index is 2.01. The zero-order valence-corrected chi connectivity index (χ0v) is 13.2. The maximum absolute atomic E-state index is 12.3. The first kappa shape index (κ1) is 16.2. The molecule has 1 N–H and O–H groups in total. The molecule has 0 spiro atoms. The molecule has 1 unspecified atom stereocenters. The number of hydrogen-bond acceptors (Lipinski definition) is 3. The molecule has 1 heterocycles. The fourth-order valence-corrected chi connectivity index (χ4v) is 2.53. The summed E-state index contributed by atoms with van der Waals surface area (Å²) in [5.41, 5.74) is 0.421. The summed E-state index contributed by atoms with van der Waals surface area (Å²) in [5, 5.41) is 3.42. The van der Waals surface area contributed by atoms with E-state index in [0.717, 1.165) is 0 Å². The van der Waals surface area contributed by atoms with Crippen molar-refractivity contribution in [2.24, 2.45) is 0 Å². The van der Waals surface area contributed by atoms with Gasteiger partial charge in [-0.05, 0) is 37.5 Å². The van der Waals surface area contributed by atoms with Gasteiger partial charge < -0.3 is 15.0 Å². The first-order valence-electron chi connectivity index (χ1n) is 6.91. The summed E-state index contributed by atoms with van der Waals surface area (Å²) in [7, 11) is 1.49. The lowest BCUT2D eigenvalue weighted by atomic mass is 10.1. The van der Waals surface area contributed by atoms with Crippen LogP contribution in [0.1, 0.15) is 23.7 Å². The van der Waals surface area contributed by atoms with Crippen molar-refractivity contribution in [2.45, 2.75) is 19.4 Å². The molecule has 1 aliphatic rings. The number of likely N-dealkylation sites (tertiary alicyclic amines) is 1. The molecule has 1 fully saturated rings. The molecule has 0 aromatic heterocycles. The summed E-state index contributed by atoms with van der Waals surface area (Å²) in [5.74, 6) is 5.07. The van der Waals surface area contributed by atoms with Crippen molar-refractivity contribution in [3.8, 4) is 17.6 Å². The Morgan fingerprint density at radius 2 is 2.23 bits per heavy atom. The Kier molecular flexibility index (Phi) is 5.29. The molecule has 2 amide bonds. The molecule has 1 aromatic carbocycles. The lowest BCUT2D eigenvalue weighted by molar-refractivity contribution is -0.124. The highest BCUT2D eigenvalue weighted by Gasteiger charge is 2.27. The molecule has 1 atom stereocenters. The lowest BCUT2D eigenvalue weighted by Crippen LogP contribution is -2.38. The van der Waals surface area contributed by atoms with E-state index in [1.54, 1.807) is 30.0 Å². The van der Waals surface area contributed by atoms with Gasteiger partial charge in [0.25, 0.3) is 11.8 Å². The smallest absolute Gasteiger partial charge is 0.298 e. The van der Waals surface area contributed by atoms with E-state index in [1.807, 2.05) is 0 Å². The van der Waals surface area contributed by atoms with Gasteiger partial charge in [-0.1, -0.05) is 17.5 Å². The van der Waals surface area contributed by atoms with Crippen LogP contribution in [-0.2, 0) is 4.79 Å². The van der Waals surface area contributed by atoms with Gasteiger partial charge in [-0.25, -0.2) is 0 Å². The summed E-state index contributed by atoms with van der Waals surface area (Å²) in [6, 6.07) is 4.77. The van der Waals surface area contributed by atoms with Gasteiger partial charge in [0, 0.05) is 24.2 Å². The number of carbonyl (C=O) groups excluding carboxylic acids is 2. The highest BCUT2D eigenvalue weighted by Crippen LogP contribution is 2.23. The minimum absolute atomic E-state index is 0.0875. The van der Waals surface area contributed by atoms with Crippen molar-refractivity contribution in [1.82, 2.24) is 10.2 Å². The Morgan fingerprint density at radius 1 is 1.45 bits per heavy atom. The Morgan fingerprint density at radius 3 is 2.91 bits per heavy atom. The van der Waals surface area contributed by atoms with Crippen LogP contribution in [0.4, 0.5) is 0 Å². The van der Waals surface area contributed by atoms with E-state index in [2.05, 4.69) is 17.2 Å². The molecule has 0 radical (unpaired) electrons. The van der Waals surface area contributed by atoms with Crippen LogP contribution < -0.4 is 10.1 Å². The van der Waals surface area contributed by atoms with E-state index >= 15 is 0 Å². The first-order valence-corrected chi connectivity index (χ1v) is 7.29. The predicted octanol–water partition coefficient (Wildman–Crippen LogP) is 1.70. The fraction of sp³-hybridized carbons (Fsp3) is 0.375. The van der Waals surface area contributed by atoms with Gasteiger partial charge in [-0.2, -0.15) is 0 Å². The maximum Gasteiger partial charge on any atom is 0.298 e. The molecule has 1 aliphatic heterocycles. The van der Waals surface area contributed by atoms with E-state index in [9.17, 15) is 9.59 Å². The largest absolute Gasteiger partial charge is 0.496 e. The molecular formula is C16H17ClN2O3. The van der Waals surface area contributed by atoms with Gasteiger partial charge in [-0.3, -0.25) is 9.59 Å². The van der Waals surface area contributed by atoms with Crippen molar-refractivity contribution in [2.75, 3.05) is 20.2 Å². The molecule has 0 aliphatic carbocycles.